The van der Waals surface area contributed by atoms with Crippen molar-refractivity contribution in [2.75, 3.05) is 45.2 Å². The molecule has 182 valence electrons. The maximum Gasteiger partial charge on any atom is 0.410 e. The molecule has 1 fully saturated rings. The number of carboxylic acid groups (broad SMARTS) is 1. The Labute approximate surface area is 197 Å². The Kier molecular flexibility index (Phi) is 7.76. The van der Waals surface area contributed by atoms with E-state index in [9.17, 15) is 9.90 Å². The minimum atomic E-state index is -1.23. The zero-order valence-electron chi connectivity index (χ0n) is 19.6. The van der Waals surface area contributed by atoms with Crippen LogP contribution < -0.4 is 20.1 Å². The van der Waals surface area contributed by atoms with Crippen LogP contribution in [0, 0.1) is 0 Å². The summed E-state index contributed by atoms with van der Waals surface area (Å²) in [5.41, 5.74) is 3.74. The van der Waals surface area contributed by atoms with E-state index < -0.39 is 6.09 Å². The molecule has 1 aliphatic rings. The van der Waals surface area contributed by atoms with Crippen LogP contribution in [0.1, 0.15) is 36.6 Å². The molecule has 11 heteroatoms. The van der Waals surface area contributed by atoms with Crippen molar-refractivity contribution in [1.82, 2.24) is 30.4 Å². The molecule has 34 heavy (non-hydrogen) atoms. The van der Waals surface area contributed by atoms with Gasteiger partial charge in [0.1, 0.15) is 11.3 Å². The second-order valence-electron chi connectivity index (χ2n) is 8.24. The molecule has 4 N–H and O–H groups in total. The molecule has 0 atom stereocenters. The number of hydrogen-bond donors (Lipinski definition) is 4. The molecule has 3 heterocycles. The lowest BCUT2D eigenvalue weighted by atomic mass is 10.0. The van der Waals surface area contributed by atoms with Gasteiger partial charge in [0.05, 0.1) is 19.4 Å². The highest BCUT2D eigenvalue weighted by atomic mass is 16.5. The minimum Gasteiger partial charge on any atom is -0.496 e. The van der Waals surface area contributed by atoms with E-state index in [2.05, 4.69) is 60.8 Å². The van der Waals surface area contributed by atoms with E-state index in [0.29, 0.717) is 24.1 Å². The summed E-state index contributed by atoms with van der Waals surface area (Å²) >= 11 is 0. The Bertz CT molecular complexity index is 1130. The summed E-state index contributed by atoms with van der Waals surface area (Å²) in [5.74, 6) is 0.873. The van der Waals surface area contributed by atoms with Crippen molar-refractivity contribution in [3.05, 3.63) is 35.0 Å². The van der Waals surface area contributed by atoms with Gasteiger partial charge in [-0.05, 0) is 18.1 Å². The molecule has 1 aliphatic heterocycles. The first-order valence-electron chi connectivity index (χ1n) is 11.5. The molecule has 0 saturated carbocycles. The van der Waals surface area contributed by atoms with Gasteiger partial charge in [-0.2, -0.15) is 15.1 Å². The van der Waals surface area contributed by atoms with Gasteiger partial charge >= 0.3 is 12.1 Å². The fraction of sp³-hybridized carbons (Fsp3) is 0.478. The number of ether oxygens (including phenoxy) is 2. The molecule has 1 amide bonds. The summed E-state index contributed by atoms with van der Waals surface area (Å²) in [4.78, 5) is 22.4. The third kappa shape index (κ3) is 5.72. The van der Waals surface area contributed by atoms with Crippen LogP contribution in [0.4, 0.5) is 10.6 Å². The number of piperazine rings is 1. The molecular weight excluding hydrogens is 438 g/mol. The van der Waals surface area contributed by atoms with E-state index in [1.54, 1.807) is 7.11 Å². The van der Waals surface area contributed by atoms with E-state index in [1.807, 2.05) is 0 Å². The van der Waals surface area contributed by atoms with Crippen molar-refractivity contribution >= 4 is 22.9 Å². The highest BCUT2D eigenvalue weighted by Crippen LogP contribution is 2.28. The number of unbranched alkanes of at least 4 members (excludes halogenated alkanes) is 1. The number of rotatable bonds is 10. The van der Waals surface area contributed by atoms with Gasteiger partial charge in [-0.3, -0.25) is 15.3 Å². The van der Waals surface area contributed by atoms with E-state index >= 15 is 0 Å². The third-order valence-corrected chi connectivity index (χ3v) is 5.74. The van der Waals surface area contributed by atoms with Gasteiger partial charge in [0.2, 0.25) is 0 Å². The zero-order chi connectivity index (χ0) is 23.9. The third-order valence-electron chi connectivity index (χ3n) is 5.74. The smallest absolute Gasteiger partial charge is 0.410 e. The lowest BCUT2D eigenvalue weighted by Crippen LogP contribution is -2.42. The molecule has 11 nitrogen and oxygen atoms in total. The van der Waals surface area contributed by atoms with Crippen LogP contribution in [-0.4, -0.2) is 76.2 Å². The molecule has 0 spiro atoms. The lowest BCUT2D eigenvalue weighted by Gasteiger charge is -2.27. The topological polar surface area (TPSA) is 138 Å². The Morgan fingerprint density at radius 2 is 2.06 bits per heavy atom. The first-order valence-corrected chi connectivity index (χ1v) is 11.5. The van der Waals surface area contributed by atoms with Crippen LogP contribution in [-0.2, 0) is 13.0 Å². The van der Waals surface area contributed by atoms with Crippen LogP contribution in [0.25, 0.3) is 11.0 Å². The maximum atomic E-state index is 11.3. The number of nitrogens with zero attached hydrogens (tertiary/aromatic N) is 4. The molecule has 0 aliphatic carbocycles. The Morgan fingerprint density at radius 3 is 2.79 bits per heavy atom. The number of fused-ring (bicyclic) bond motifs is 1. The van der Waals surface area contributed by atoms with E-state index in [4.69, 9.17) is 9.47 Å². The van der Waals surface area contributed by atoms with Crippen molar-refractivity contribution in [3.63, 3.8) is 0 Å². The SMILES string of the molecule is CCCCOc1nc(NC(=O)O)c2n[nH]c(Cc3ccc(CN4CCNCC4)cc3OC)c2n1. The highest BCUT2D eigenvalue weighted by molar-refractivity contribution is 5.94. The van der Waals surface area contributed by atoms with E-state index in [0.717, 1.165) is 62.6 Å². The van der Waals surface area contributed by atoms with Crippen molar-refractivity contribution < 1.29 is 19.4 Å². The van der Waals surface area contributed by atoms with Gasteiger partial charge in [0.25, 0.3) is 0 Å². The van der Waals surface area contributed by atoms with Gasteiger partial charge in [-0.25, -0.2) is 4.79 Å². The fourth-order valence-corrected chi connectivity index (χ4v) is 3.96. The number of benzene rings is 1. The Hall–Kier alpha value is -3.44. The summed E-state index contributed by atoms with van der Waals surface area (Å²) in [5, 5.41) is 22.1. The second kappa shape index (κ2) is 11.1. The number of amides is 1. The number of anilines is 1. The first kappa shape index (κ1) is 23.7. The number of aromatic nitrogens is 4. The molecule has 1 saturated heterocycles. The van der Waals surface area contributed by atoms with Gasteiger partial charge < -0.3 is 19.9 Å². The normalized spacial score (nSPS) is 14.3. The zero-order valence-corrected chi connectivity index (χ0v) is 19.6. The minimum absolute atomic E-state index is 0.0878. The lowest BCUT2D eigenvalue weighted by molar-refractivity contribution is 0.209. The van der Waals surface area contributed by atoms with Crippen LogP contribution in [0.2, 0.25) is 0 Å². The number of carbonyl (C=O) groups is 1. The number of aromatic amines is 1. The molecular formula is C23H31N7O4. The van der Waals surface area contributed by atoms with Crippen LogP contribution in [0.3, 0.4) is 0 Å². The van der Waals surface area contributed by atoms with Crippen molar-refractivity contribution in [2.24, 2.45) is 0 Å². The number of methoxy groups -OCH3 is 1. The molecule has 3 aromatic rings. The van der Waals surface area contributed by atoms with Gasteiger partial charge in [-0.1, -0.05) is 25.5 Å². The van der Waals surface area contributed by atoms with Crippen molar-refractivity contribution in [2.45, 2.75) is 32.7 Å². The summed E-state index contributed by atoms with van der Waals surface area (Å²) in [7, 11) is 1.66. The van der Waals surface area contributed by atoms with Gasteiger partial charge in [-0.15, -0.1) is 0 Å². The maximum absolute atomic E-state index is 11.3. The summed E-state index contributed by atoms with van der Waals surface area (Å²) in [6.07, 6.45) is 1.06. The molecule has 2 aromatic heterocycles. The monoisotopic (exact) mass is 469 g/mol. The highest BCUT2D eigenvalue weighted by Gasteiger charge is 2.19. The molecule has 0 radical (unpaired) electrons. The molecule has 4 rings (SSSR count). The number of hydrogen-bond acceptors (Lipinski definition) is 8. The van der Waals surface area contributed by atoms with Gasteiger partial charge in [0.15, 0.2) is 11.3 Å². The fourth-order valence-electron chi connectivity index (χ4n) is 3.96. The van der Waals surface area contributed by atoms with Crippen molar-refractivity contribution in [1.29, 1.82) is 0 Å². The first-order chi connectivity index (χ1) is 16.6. The standard InChI is InChI=1S/C23H31N7O4/c1-3-4-11-34-22-25-19-17(28-29-20(19)21(26-22)27-23(31)32)13-16-6-5-15(12-18(16)33-2)14-30-9-7-24-8-10-30/h5-6,12,24H,3-4,7-11,13-14H2,1-2H3,(H,28,29)(H,31,32)(H,25,26,27). The van der Waals surface area contributed by atoms with E-state index in [1.165, 1.54) is 5.56 Å². The Balaban J connectivity index is 1.60. The van der Waals surface area contributed by atoms with Crippen LogP contribution in [0.5, 0.6) is 11.8 Å². The van der Waals surface area contributed by atoms with Crippen LogP contribution in [0.15, 0.2) is 18.2 Å². The average molecular weight is 470 g/mol. The van der Waals surface area contributed by atoms with Crippen LogP contribution >= 0.6 is 0 Å². The largest absolute Gasteiger partial charge is 0.496 e. The number of nitrogens with one attached hydrogen (secondary N) is 3. The van der Waals surface area contributed by atoms with Gasteiger partial charge in [0, 0.05) is 44.7 Å². The predicted octanol–water partition coefficient (Wildman–Crippen LogP) is 2.63. The predicted molar refractivity (Wildman–Crippen MR) is 128 cm³/mol. The second-order valence-corrected chi connectivity index (χ2v) is 8.24. The molecule has 1 aromatic carbocycles. The average Bonchev–Trinajstić information content (AvgIpc) is 3.23. The Morgan fingerprint density at radius 1 is 1.24 bits per heavy atom. The molecule has 0 bridgehead atoms. The van der Waals surface area contributed by atoms with E-state index in [-0.39, 0.29) is 11.8 Å². The summed E-state index contributed by atoms with van der Waals surface area (Å²) in [6, 6.07) is 6.36. The molecule has 0 unspecified atom stereocenters. The quantitative estimate of drug-likeness (QED) is 0.330. The summed E-state index contributed by atoms with van der Waals surface area (Å²) < 4.78 is 11.3. The number of H-pyrrole nitrogens is 1. The summed E-state index contributed by atoms with van der Waals surface area (Å²) in [6.45, 7) is 7.45. The van der Waals surface area contributed by atoms with Crippen molar-refractivity contribution in [3.8, 4) is 11.8 Å².